The van der Waals surface area contributed by atoms with E-state index in [0.717, 1.165) is 6.42 Å². The lowest BCUT2D eigenvalue weighted by Crippen LogP contribution is -2.12. The number of ether oxygens (including phenoxy) is 2. The summed E-state index contributed by atoms with van der Waals surface area (Å²) in [6, 6.07) is 6.43. The Morgan fingerprint density at radius 3 is 2.84 bits per heavy atom. The van der Waals surface area contributed by atoms with Gasteiger partial charge in [-0.1, -0.05) is 13.0 Å². The number of pyridine rings is 1. The molecule has 0 spiro atoms. The third kappa shape index (κ3) is 2.59. The second-order valence-electron chi connectivity index (χ2n) is 4.07. The average Bonchev–Trinajstić information content (AvgIpc) is 2.44. The van der Waals surface area contributed by atoms with Gasteiger partial charge in [0.15, 0.2) is 5.43 Å². The van der Waals surface area contributed by atoms with E-state index in [1.807, 2.05) is 6.92 Å². The molecule has 0 bridgehead atoms. The van der Waals surface area contributed by atoms with Gasteiger partial charge in [-0.3, -0.25) is 4.79 Å². The average molecular weight is 261 g/mol. The summed E-state index contributed by atoms with van der Waals surface area (Å²) in [5.41, 5.74) is 0.396. The number of nitrogens with one attached hydrogen (secondary N) is 1. The molecule has 0 amide bonds. The maximum absolute atomic E-state index is 12.0. The predicted molar refractivity (Wildman–Crippen MR) is 71.7 cm³/mol. The largest absolute Gasteiger partial charge is 0.491 e. The smallest absolute Gasteiger partial charge is 0.354 e. The molecular formula is C14H15NO4. The second kappa shape index (κ2) is 5.56. The number of carbonyl (C=O) groups is 1. The van der Waals surface area contributed by atoms with Crippen LogP contribution >= 0.6 is 0 Å². The van der Waals surface area contributed by atoms with Crippen LogP contribution in [-0.2, 0) is 4.74 Å². The number of carbonyl (C=O) groups excluding carboxylic acids is 1. The molecule has 1 aromatic heterocycles. The van der Waals surface area contributed by atoms with E-state index in [1.54, 1.807) is 18.2 Å². The molecule has 0 atom stereocenters. The fourth-order valence-corrected chi connectivity index (χ4v) is 1.80. The minimum absolute atomic E-state index is 0.118. The molecule has 0 aliphatic carbocycles. The quantitative estimate of drug-likeness (QED) is 0.856. The highest BCUT2D eigenvalue weighted by atomic mass is 16.5. The molecule has 1 aromatic carbocycles. The van der Waals surface area contributed by atoms with Crippen LogP contribution in [0.1, 0.15) is 23.8 Å². The molecule has 100 valence electrons. The van der Waals surface area contributed by atoms with Crippen LogP contribution in [0.4, 0.5) is 0 Å². The Balaban J connectivity index is 2.62. The standard InChI is InChI=1S/C14H15NO4/c1-3-7-19-12-6-4-5-9-11(16)8-10(14(17)18-2)15-13(9)12/h4-6,8H,3,7H2,1-2H3,(H,15,16). The van der Waals surface area contributed by atoms with E-state index in [-0.39, 0.29) is 11.1 Å². The molecule has 1 N–H and O–H groups in total. The van der Waals surface area contributed by atoms with Crippen molar-refractivity contribution in [3.8, 4) is 5.75 Å². The first-order valence-corrected chi connectivity index (χ1v) is 6.04. The SMILES string of the molecule is CCCOc1cccc2c(=O)cc(C(=O)OC)[nH]c12. The molecule has 0 aliphatic heterocycles. The van der Waals surface area contributed by atoms with Crippen molar-refractivity contribution in [3.05, 3.63) is 40.2 Å². The number of aromatic amines is 1. The zero-order valence-electron chi connectivity index (χ0n) is 10.9. The number of fused-ring (bicyclic) bond motifs is 1. The molecule has 19 heavy (non-hydrogen) atoms. The Bertz CT molecular complexity index is 660. The van der Waals surface area contributed by atoms with Gasteiger partial charge in [0.05, 0.1) is 19.2 Å². The van der Waals surface area contributed by atoms with E-state index < -0.39 is 5.97 Å². The maximum Gasteiger partial charge on any atom is 0.354 e. The van der Waals surface area contributed by atoms with Gasteiger partial charge in [0, 0.05) is 11.5 Å². The lowest BCUT2D eigenvalue weighted by Gasteiger charge is -2.09. The Hall–Kier alpha value is -2.30. The second-order valence-corrected chi connectivity index (χ2v) is 4.07. The fourth-order valence-electron chi connectivity index (χ4n) is 1.80. The maximum atomic E-state index is 12.0. The molecule has 5 nitrogen and oxygen atoms in total. The molecule has 1 heterocycles. The van der Waals surface area contributed by atoms with Crippen molar-refractivity contribution in [3.63, 3.8) is 0 Å². The Kier molecular flexibility index (Phi) is 3.85. The summed E-state index contributed by atoms with van der Waals surface area (Å²) in [6.07, 6.45) is 0.858. The van der Waals surface area contributed by atoms with Gasteiger partial charge in [-0.15, -0.1) is 0 Å². The van der Waals surface area contributed by atoms with E-state index in [1.165, 1.54) is 13.2 Å². The van der Waals surface area contributed by atoms with Gasteiger partial charge in [0.1, 0.15) is 11.4 Å². The van der Waals surface area contributed by atoms with E-state index in [2.05, 4.69) is 9.72 Å². The zero-order valence-corrected chi connectivity index (χ0v) is 10.9. The number of esters is 1. The van der Waals surface area contributed by atoms with E-state index >= 15 is 0 Å². The first kappa shape index (κ1) is 13.1. The molecule has 0 saturated carbocycles. The lowest BCUT2D eigenvalue weighted by molar-refractivity contribution is 0.0594. The minimum atomic E-state index is -0.579. The van der Waals surface area contributed by atoms with Crippen molar-refractivity contribution in [2.75, 3.05) is 13.7 Å². The summed E-state index contributed by atoms with van der Waals surface area (Å²) in [7, 11) is 1.27. The Morgan fingerprint density at radius 2 is 2.16 bits per heavy atom. The normalized spacial score (nSPS) is 10.4. The van der Waals surface area contributed by atoms with Gasteiger partial charge in [-0.2, -0.15) is 0 Å². The molecule has 0 aliphatic rings. The number of methoxy groups -OCH3 is 1. The van der Waals surface area contributed by atoms with Gasteiger partial charge in [0.25, 0.3) is 0 Å². The van der Waals surface area contributed by atoms with Crippen molar-refractivity contribution >= 4 is 16.9 Å². The number of rotatable bonds is 4. The van der Waals surface area contributed by atoms with Crippen molar-refractivity contribution in [2.45, 2.75) is 13.3 Å². The zero-order chi connectivity index (χ0) is 13.8. The summed E-state index contributed by atoms with van der Waals surface area (Å²) in [5.74, 6) is -0.0218. The summed E-state index contributed by atoms with van der Waals surface area (Å²) in [4.78, 5) is 26.4. The van der Waals surface area contributed by atoms with Crippen molar-refractivity contribution in [1.29, 1.82) is 0 Å². The first-order chi connectivity index (χ1) is 9.17. The molecule has 5 heteroatoms. The molecule has 0 unspecified atom stereocenters. The summed E-state index contributed by atoms with van der Waals surface area (Å²) < 4.78 is 10.2. The Morgan fingerprint density at radius 1 is 1.37 bits per heavy atom. The summed E-state index contributed by atoms with van der Waals surface area (Å²) in [6.45, 7) is 2.54. The number of H-pyrrole nitrogens is 1. The van der Waals surface area contributed by atoms with Crippen molar-refractivity contribution in [2.24, 2.45) is 0 Å². The number of hydrogen-bond donors (Lipinski definition) is 1. The molecule has 0 radical (unpaired) electrons. The van der Waals surface area contributed by atoms with Crippen LogP contribution in [-0.4, -0.2) is 24.7 Å². The highest BCUT2D eigenvalue weighted by Gasteiger charge is 2.12. The number of hydrogen-bond acceptors (Lipinski definition) is 4. The monoisotopic (exact) mass is 261 g/mol. The number of benzene rings is 1. The predicted octanol–water partition coefficient (Wildman–Crippen LogP) is 2.10. The highest BCUT2D eigenvalue weighted by molar-refractivity contribution is 5.92. The summed E-state index contributed by atoms with van der Waals surface area (Å²) in [5, 5.41) is 0.487. The minimum Gasteiger partial charge on any atom is -0.491 e. The lowest BCUT2D eigenvalue weighted by atomic mass is 10.2. The van der Waals surface area contributed by atoms with Crippen LogP contribution in [0.3, 0.4) is 0 Å². The van der Waals surface area contributed by atoms with Crippen LogP contribution in [0, 0.1) is 0 Å². The third-order valence-corrected chi connectivity index (χ3v) is 2.69. The van der Waals surface area contributed by atoms with Crippen LogP contribution in [0.2, 0.25) is 0 Å². The van der Waals surface area contributed by atoms with Crippen LogP contribution < -0.4 is 10.2 Å². The number of para-hydroxylation sites is 1. The molecule has 0 saturated heterocycles. The van der Waals surface area contributed by atoms with Gasteiger partial charge in [-0.05, 0) is 18.6 Å². The van der Waals surface area contributed by atoms with E-state index in [0.29, 0.717) is 23.3 Å². The molecular weight excluding hydrogens is 246 g/mol. The van der Waals surface area contributed by atoms with Gasteiger partial charge in [-0.25, -0.2) is 4.79 Å². The Labute approximate surface area is 110 Å². The first-order valence-electron chi connectivity index (χ1n) is 6.04. The van der Waals surface area contributed by atoms with E-state index in [9.17, 15) is 9.59 Å². The van der Waals surface area contributed by atoms with Crippen LogP contribution in [0.15, 0.2) is 29.1 Å². The molecule has 2 rings (SSSR count). The topological polar surface area (TPSA) is 68.4 Å². The van der Waals surface area contributed by atoms with Crippen LogP contribution in [0.25, 0.3) is 10.9 Å². The van der Waals surface area contributed by atoms with Crippen molar-refractivity contribution < 1.29 is 14.3 Å². The van der Waals surface area contributed by atoms with Gasteiger partial charge >= 0.3 is 5.97 Å². The third-order valence-electron chi connectivity index (χ3n) is 2.69. The molecule has 0 fully saturated rings. The molecule has 2 aromatic rings. The van der Waals surface area contributed by atoms with Gasteiger partial charge in [0.2, 0.25) is 0 Å². The number of aromatic nitrogens is 1. The van der Waals surface area contributed by atoms with E-state index in [4.69, 9.17) is 4.74 Å². The van der Waals surface area contributed by atoms with Crippen molar-refractivity contribution in [1.82, 2.24) is 4.98 Å². The van der Waals surface area contributed by atoms with Gasteiger partial charge < -0.3 is 14.5 Å². The highest BCUT2D eigenvalue weighted by Crippen LogP contribution is 2.22. The summed E-state index contributed by atoms with van der Waals surface area (Å²) >= 11 is 0. The van der Waals surface area contributed by atoms with Crippen LogP contribution in [0.5, 0.6) is 5.75 Å². The fraction of sp³-hybridized carbons (Fsp3) is 0.286.